The molecule has 82 valence electrons. The van der Waals surface area contributed by atoms with Gasteiger partial charge in [0.15, 0.2) is 0 Å². The number of hydrogen-bond donors (Lipinski definition) is 0. The topological polar surface area (TPSA) is 37.4 Å². The largest absolute Gasteiger partial charge is 0.243 e. The van der Waals surface area contributed by atoms with Crippen molar-refractivity contribution in [3.8, 4) is 0 Å². The molecule has 0 radical (unpaired) electrons. The highest BCUT2D eigenvalue weighted by molar-refractivity contribution is 7.89. The van der Waals surface area contributed by atoms with Crippen LogP contribution in [0.5, 0.6) is 0 Å². The smallest absolute Gasteiger partial charge is 0.207 e. The molecule has 3 nitrogen and oxygen atoms in total. The van der Waals surface area contributed by atoms with Crippen LogP contribution in [0.4, 0.5) is 0 Å². The van der Waals surface area contributed by atoms with Crippen LogP contribution in [0.2, 0.25) is 5.02 Å². The van der Waals surface area contributed by atoms with Gasteiger partial charge in [0.1, 0.15) is 0 Å². The molecule has 0 bridgehead atoms. The number of benzene rings is 1. The minimum Gasteiger partial charge on any atom is -0.207 e. The third-order valence-corrected chi connectivity index (χ3v) is 4.73. The lowest BCUT2D eigenvalue weighted by molar-refractivity contribution is 0.464. The van der Waals surface area contributed by atoms with E-state index >= 15 is 0 Å². The summed E-state index contributed by atoms with van der Waals surface area (Å²) in [5, 5.41) is 0.544. The molecule has 1 aromatic rings. The van der Waals surface area contributed by atoms with Crippen molar-refractivity contribution in [2.45, 2.75) is 23.8 Å². The molecular formula is C10H12ClNO2S. The zero-order valence-corrected chi connectivity index (χ0v) is 9.92. The molecular weight excluding hydrogens is 234 g/mol. The second-order valence-corrected chi connectivity index (χ2v) is 6.14. The molecule has 0 amide bonds. The number of rotatable bonds is 3. The normalized spacial score (nSPS) is 17.0. The molecule has 0 aromatic heterocycles. The van der Waals surface area contributed by atoms with Crippen molar-refractivity contribution in [2.24, 2.45) is 0 Å². The average Bonchev–Trinajstić information content (AvgIpc) is 3.00. The Morgan fingerprint density at radius 1 is 1.27 bits per heavy atom. The van der Waals surface area contributed by atoms with Crippen LogP contribution < -0.4 is 0 Å². The van der Waals surface area contributed by atoms with Gasteiger partial charge in [0.05, 0.1) is 4.90 Å². The Balaban J connectivity index is 2.32. The first-order valence-corrected chi connectivity index (χ1v) is 6.57. The van der Waals surface area contributed by atoms with Gasteiger partial charge in [-0.1, -0.05) is 11.6 Å². The van der Waals surface area contributed by atoms with Crippen LogP contribution in [0.25, 0.3) is 0 Å². The second kappa shape index (κ2) is 3.77. The van der Waals surface area contributed by atoms with Gasteiger partial charge in [-0.15, -0.1) is 0 Å². The quantitative estimate of drug-likeness (QED) is 0.818. The van der Waals surface area contributed by atoms with E-state index in [1.54, 1.807) is 19.2 Å². The molecule has 0 N–H and O–H groups in total. The molecule has 0 spiro atoms. The zero-order chi connectivity index (χ0) is 11.1. The Bertz CT molecular complexity index is 451. The lowest BCUT2D eigenvalue weighted by Gasteiger charge is -2.16. The Labute approximate surface area is 94.7 Å². The SMILES string of the molecule is CN(C1CC1)S(=O)(=O)c1ccc(Cl)cc1. The summed E-state index contributed by atoms with van der Waals surface area (Å²) in [5.41, 5.74) is 0. The molecule has 0 aliphatic heterocycles. The van der Waals surface area contributed by atoms with Crippen molar-refractivity contribution in [3.63, 3.8) is 0 Å². The summed E-state index contributed by atoms with van der Waals surface area (Å²) in [5.74, 6) is 0. The van der Waals surface area contributed by atoms with E-state index in [0.29, 0.717) is 9.92 Å². The lowest BCUT2D eigenvalue weighted by Crippen LogP contribution is -2.28. The minimum absolute atomic E-state index is 0.186. The minimum atomic E-state index is -3.32. The van der Waals surface area contributed by atoms with Crippen LogP contribution in [-0.4, -0.2) is 25.8 Å². The summed E-state index contributed by atoms with van der Waals surface area (Å²) in [7, 11) is -1.69. The van der Waals surface area contributed by atoms with Crippen LogP contribution in [0.1, 0.15) is 12.8 Å². The van der Waals surface area contributed by atoms with Gasteiger partial charge >= 0.3 is 0 Å². The van der Waals surface area contributed by atoms with Gasteiger partial charge in [0.25, 0.3) is 0 Å². The molecule has 1 aliphatic rings. The van der Waals surface area contributed by atoms with E-state index in [2.05, 4.69) is 0 Å². The first kappa shape index (κ1) is 10.9. The Hall–Kier alpha value is -0.580. The van der Waals surface area contributed by atoms with E-state index < -0.39 is 10.0 Å². The molecule has 0 unspecified atom stereocenters. The molecule has 1 fully saturated rings. The summed E-state index contributed by atoms with van der Waals surface area (Å²) in [6.07, 6.45) is 1.92. The summed E-state index contributed by atoms with van der Waals surface area (Å²) in [6.45, 7) is 0. The first-order chi connectivity index (χ1) is 7.01. The van der Waals surface area contributed by atoms with Crippen molar-refractivity contribution >= 4 is 21.6 Å². The lowest BCUT2D eigenvalue weighted by atomic mass is 10.4. The second-order valence-electron chi connectivity index (χ2n) is 3.71. The molecule has 0 saturated heterocycles. The zero-order valence-electron chi connectivity index (χ0n) is 8.35. The van der Waals surface area contributed by atoms with Crippen molar-refractivity contribution in [1.29, 1.82) is 0 Å². The highest BCUT2D eigenvalue weighted by atomic mass is 35.5. The molecule has 15 heavy (non-hydrogen) atoms. The molecule has 1 aromatic carbocycles. The summed E-state index contributed by atoms with van der Waals surface area (Å²) in [4.78, 5) is 0.307. The van der Waals surface area contributed by atoms with Crippen LogP contribution in [0.15, 0.2) is 29.2 Å². The standard InChI is InChI=1S/C10H12ClNO2S/c1-12(9-4-5-9)15(13,14)10-6-2-8(11)3-7-10/h2-3,6-7,9H,4-5H2,1H3. The van der Waals surface area contributed by atoms with Gasteiger partial charge in [-0.3, -0.25) is 0 Å². The maximum atomic E-state index is 12.0. The average molecular weight is 246 g/mol. The van der Waals surface area contributed by atoms with E-state index in [4.69, 9.17) is 11.6 Å². The summed E-state index contributed by atoms with van der Waals surface area (Å²) >= 11 is 5.71. The Morgan fingerprint density at radius 2 is 1.80 bits per heavy atom. The number of hydrogen-bond acceptors (Lipinski definition) is 2. The van der Waals surface area contributed by atoms with Crippen LogP contribution >= 0.6 is 11.6 Å². The molecule has 0 heterocycles. The molecule has 1 aliphatic carbocycles. The number of halogens is 1. The number of nitrogens with zero attached hydrogens (tertiary/aromatic N) is 1. The van der Waals surface area contributed by atoms with Gasteiger partial charge in [-0.2, -0.15) is 4.31 Å². The fourth-order valence-corrected chi connectivity index (χ4v) is 2.95. The third-order valence-electron chi connectivity index (χ3n) is 2.55. The molecule has 2 rings (SSSR count). The van der Waals surface area contributed by atoms with Crippen LogP contribution in [0, 0.1) is 0 Å². The van der Waals surface area contributed by atoms with E-state index in [1.807, 2.05) is 0 Å². The van der Waals surface area contributed by atoms with E-state index in [-0.39, 0.29) is 6.04 Å². The van der Waals surface area contributed by atoms with Gasteiger partial charge in [-0.05, 0) is 37.1 Å². The van der Waals surface area contributed by atoms with Crippen molar-refractivity contribution < 1.29 is 8.42 Å². The predicted molar refractivity (Wildman–Crippen MR) is 59.4 cm³/mol. The van der Waals surface area contributed by atoms with Crippen molar-refractivity contribution in [2.75, 3.05) is 7.05 Å². The van der Waals surface area contributed by atoms with E-state index in [1.165, 1.54) is 16.4 Å². The summed E-state index contributed by atoms with van der Waals surface area (Å²) < 4.78 is 25.5. The van der Waals surface area contributed by atoms with Gasteiger partial charge < -0.3 is 0 Å². The van der Waals surface area contributed by atoms with E-state index in [9.17, 15) is 8.42 Å². The monoisotopic (exact) mass is 245 g/mol. The molecule has 1 saturated carbocycles. The summed E-state index contributed by atoms with van der Waals surface area (Å²) in [6, 6.07) is 6.45. The van der Waals surface area contributed by atoms with E-state index in [0.717, 1.165) is 12.8 Å². The molecule has 0 atom stereocenters. The van der Waals surface area contributed by atoms with Crippen LogP contribution in [-0.2, 0) is 10.0 Å². The highest BCUT2D eigenvalue weighted by Gasteiger charge is 2.34. The van der Waals surface area contributed by atoms with Crippen molar-refractivity contribution in [1.82, 2.24) is 4.31 Å². The fraction of sp³-hybridized carbons (Fsp3) is 0.400. The van der Waals surface area contributed by atoms with Gasteiger partial charge in [-0.25, -0.2) is 8.42 Å². The maximum Gasteiger partial charge on any atom is 0.243 e. The predicted octanol–water partition coefficient (Wildman–Crippen LogP) is 2.12. The molecule has 5 heteroatoms. The number of sulfonamides is 1. The Morgan fingerprint density at radius 3 is 2.27 bits per heavy atom. The van der Waals surface area contributed by atoms with Crippen LogP contribution in [0.3, 0.4) is 0 Å². The van der Waals surface area contributed by atoms with Gasteiger partial charge in [0.2, 0.25) is 10.0 Å². The first-order valence-electron chi connectivity index (χ1n) is 4.75. The maximum absolute atomic E-state index is 12.0. The highest BCUT2D eigenvalue weighted by Crippen LogP contribution is 2.30. The third kappa shape index (κ3) is 2.17. The van der Waals surface area contributed by atoms with Gasteiger partial charge in [0, 0.05) is 18.1 Å². The van der Waals surface area contributed by atoms with Crippen molar-refractivity contribution in [3.05, 3.63) is 29.3 Å². The fourth-order valence-electron chi connectivity index (χ4n) is 1.41. The Kier molecular flexibility index (Phi) is 2.75.